The number of nitrogens with zero attached hydrogens (tertiary/aromatic N) is 1. The van der Waals surface area contributed by atoms with Crippen molar-refractivity contribution in [3.63, 3.8) is 0 Å². The van der Waals surface area contributed by atoms with Crippen LogP contribution in [0, 0.1) is 27.2 Å². The topological polar surface area (TPSA) is 62.1 Å². The van der Waals surface area contributed by atoms with E-state index in [9.17, 15) is 10.1 Å². The molecule has 0 saturated heterocycles. The first kappa shape index (κ1) is 18.9. The van der Waals surface area contributed by atoms with E-state index in [0.29, 0.717) is 22.0 Å². The fourth-order valence-corrected chi connectivity index (χ4v) is 2.71. The summed E-state index contributed by atoms with van der Waals surface area (Å²) in [5, 5.41) is 12.5. The fraction of sp³-hybridized carbons (Fsp3) is 0.0526. The van der Waals surface area contributed by atoms with Gasteiger partial charge in [-0.05, 0) is 70.6 Å². The molecule has 4 nitrogen and oxygen atoms in total. The lowest BCUT2D eigenvalue weighted by Gasteiger charge is -2.07. The third kappa shape index (κ3) is 5.53. The second-order valence-corrected chi connectivity index (χ2v) is 6.41. The van der Waals surface area contributed by atoms with Crippen molar-refractivity contribution in [3.8, 4) is 24.2 Å². The summed E-state index contributed by atoms with van der Waals surface area (Å²) in [5.41, 5.74) is 1.26. The quantitative estimate of drug-likeness (QED) is 0.308. The zero-order valence-corrected chi connectivity index (χ0v) is 15.8. The molecule has 0 aliphatic rings. The molecule has 124 valence electrons. The minimum Gasteiger partial charge on any atom is -0.480 e. The van der Waals surface area contributed by atoms with E-state index in [0.717, 1.165) is 3.57 Å². The number of carbonyl (C=O) groups excluding carboxylic acids is 1. The van der Waals surface area contributed by atoms with Crippen LogP contribution in [-0.2, 0) is 4.79 Å². The standard InChI is InChI=1S/C19H12ClIN2O2/c1-2-9-25-18-8-3-13(11-17(18)21)10-14(12-22)19(24)23-16-6-4-15(20)5-7-16/h1,3-8,10-11H,9H2,(H,23,24)/b14-10-. The summed E-state index contributed by atoms with van der Waals surface area (Å²) in [5.74, 6) is 2.56. The maximum absolute atomic E-state index is 12.2. The number of carbonyl (C=O) groups is 1. The van der Waals surface area contributed by atoms with Crippen LogP contribution >= 0.6 is 34.2 Å². The van der Waals surface area contributed by atoms with Gasteiger partial charge in [0, 0.05) is 10.7 Å². The first-order valence-corrected chi connectivity index (χ1v) is 8.53. The van der Waals surface area contributed by atoms with Gasteiger partial charge in [-0.2, -0.15) is 5.26 Å². The van der Waals surface area contributed by atoms with Crippen molar-refractivity contribution in [1.82, 2.24) is 0 Å². The Labute approximate surface area is 164 Å². The Morgan fingerprint density at radius 3 is 2.64 bits per heavy atom. The summed E-state index contributed by atoms with van der Waals surface area (Å²) >= 11 is 7.91. The Bertz CT molecular complexity index is 893. The van der Waals surface area contributed by atoms with E-state index in [-0.39, 0.29) is 12.2 Å². The van der Waals surface area contributed by atoms with Gasteiger partial charge < -0.3 is 10.1 Å². The number of rotatable bonds is 5. The molecule has 0 bridgehead atoms. The Morgan fingerprint density at radius 1 is 1.32 bits per heavy atom. The molecule has 2 rings (SSSR count). The van der Waals surface area contributed by atoms with E-state index in [4.69, 9.17) is 22.8 Å². The molecule has 0 radical (unpaired) electrons. The number of hydrogen-bond donors (Lipinski definition) is 1. The Balaban J connectivity index is 2.17. The van der Waals surface area contributed by atoms with Crippen molar-refractivity contribution in [2.75, 3.05) is 11.9 Å². The van der Waals surface area contributed by atoms with Gasteiger partial charge >= 0.3 is 0 Å². The minimum absolute atomic E-state index is 0.0111. The summed E-state index contributed by atoms with van der Waals surface area (Å²) < 4.78 is 6.22. The van der Waals surface area contributed by atoms with Crippen LogP contribution in [-0.4, -0.2) is 12.5 Å². The Morgan fingerprint density at radius 2 is 2.04 bits per heavy atom. The van der Waals surface area contributed by atoms with E-state index in [1.165, 1.54) is 6.08 Å². The van der Waals surface area contributed by atoms with E-state index < -0.39 is 5.91 Å². The average Bonchev–Trinajstić information content (AvgIpc) is 2.60. The van der Waals surface area contributed by atoms with Gasteiger partial charge in [0.1, 0.15) is 24.0 Å². The lowest BCUT2D eigenvalue weighted by Crippen LogP contribution is -2.13. The second kappa shape index (κ2) is 9.12. The summed E-state index contributed by atoms with van der Waals surface area (Å²) in [6, 6.07) is 13.9. The molecule has 0 aliphatic heterocycles. The largest absolute Gasteiger partial charge is 0.480 e. The molecule has 1 amide bonds. The third-order valence-electron chi connectivity index (χ3n) is 3.05. The van der Waals surface area contributed by atoms with Crippen LogP contribution in [0.2, 0.25) is 5.02 Å². The van der Waals surface area contributed by atoms with Crippen LogP contribution < -0.4 is 10.1 Å². The number of halogens is 2. The van der Waals surface area contributed by atoms with Gasteiger partial charge in [-0.1, -0.05) is 23.6 Å². The highest BCUT2D eigenvalue weighted by molar-refractivity contribution is 14.1. The van der Waals surface area contributed by atoms with Crippen molar-refractivity contribution < 1.29 is 9.53 Å². The van der Waals surface area contributed by atoms with Crippen LogP contribution in [0.4, 0.5) is 5.69 Å². The van der Waals surface area contributed by atoms with Crippen molar-refractivity contribution in [3.05, 3.63) is 62.2 Å². The second-order valence-electron chi connectivity index (χ2n) is 4.81. The first-order valence-electron chi connectivity index (χ1n) is 7.08. The number of amides is 1. The summed E-state index contributed by atoms with van der Waals surface area (Å²) in [4.78, 5) is 12.2. The first-order chi connectivity index (χ1) is 12.0. The van der Waals surface area contributed by atoms with E-state index in [2.05, 4.69) is 33.8 Å². The van der Waals surface area contributed by atoms with Crippen molar-refractivity contribution in [2.24, 2.45) is 0 Å². The molecule has 0 atom stereocenters. The molecule has 2 aromatic rings. The number of terminal acetylenes is 1. The molecule has 0 unspecified atom stereocenters. The third-order valence-corrected chi connectivity index (χ3v) is 4.14. The zero-order valence-electron chi connectivity index (χ0n) is 12.9. The lowest BCUT2D eigenvalue weighted by atomic mass is 10.1. The van der Waals surface area contributed by atoms with Crippen molar-refractivity contribution >= 4 is 51.9 Å². The van der Waals surface area contributed by atoms with Crippen LogP contribution in [0.5, 0.6) is 5.75 Å². The molecule has 0 aromatic heterocycles. The molecule has 25 heavy (non-hydrogen) atoms. The number of nitriles is 1. The number of hydrogen-bond acceptors (Lipinski definition) is 3. The van der Waals surface area contributed by atoms with E-state index in [1.54, 1.807) is 42.5 Å². The number of nitrogens with one attached hydrogen (secondary N) is 1. The highest BCUT2D eigenvalue weighted by atomic mass is 127. The predicted octanol–water partition coefficient (Wildman–Crippen LogP) is 4.50. The van der Waals surface area contributed by atoms with E-state index >= 15 is 0 Å². The van der Waals surface area contributed by atoms with Gasteiger partial charge in [0.25, 0.3) is 5.91 Å². The molecule has 6 heteroatoms. The maximum atomic E-state index is 12.2. The normalized spacial score (nSPS) is 10.5. The molecular weight excluding hydrogens is 451 g/mol. The Kier molecular flexibility index (Phi) is 6.88. The predicted molar refractivity (Wildman–Crippen MR) is 107 cm³/mol. The van der Waals surface area contributed by atoms with Gasteiger partial charge in [0.15, 0.2) is 0 Å². The molecular formula is C19H12ClIN2O2. The van der Waals surface area contributed by atoms with Crippen molar-refractivity contribution in [1.29, 1.82) is 5.26 Å². The molecule has 1 N–H and O–H groups in total. The van der Waals surface area contributed by atoms with Gasteiger partial charge in [-0.25, -0.2) is 0 Å². The van der Waals surface area contributed by atoms with Crippen LogP contribution in [0.15, 0.2) is 48.0 Å². The molecule has 0 heterocycles. The SMILES string of the molecule is C#CCOc1ccc(/C=C(/C#N)C(=O)Nc2ccc(Cl)cc2)cc1I. The number of ether oxygens (including phenoxy) is 1. The van der Waals surface area contributed by atoms with Crippen LogP contribution in [0.1, 0.15) is 5.56 Å². The van der Waals surface area contributed by atoms with Crippen LogP contribution in [0.3, 0.4) is 0 Å². The van der Waals surface area contributed by atoms with Crippen LogP contribution in [0.25, 0.3) is 6.08 Å². The molecule has 2 aromatic carbocycles. The summed E-state index contributed by atoms with van der Waals surface area (Å²) in [7, 11) is 0. The highest BCUT2D eigenvalue weighted by Crippen LogP contribution is 2.23. The highest BCUT2D eigenvalue weighted by Gasteiger charge is 2.10. The van der Waals surface area contributed by atoms with Gasteiger partial charge in [0.2, 0.25) is 0 Å². The molecule has 0 spiro atoms. The van der Waals surface area contributed by atoms with E-state index in [1.807, 2.05) is 6.07 Å². The van der Waals surface area contributed by atoms with Gasteiger partial charge in [-0.3, -0.25) is 4.79 Å². The smallest absolute Gasteiger partial charge is 0.266 e. The van der Waals surface area contributed by atoms with Crippen molar-refractivity contribution in [2.45, 2.75) is 0 Å². The van der Waals surface area contributed by atoms with Gasteiger partial charge in [-0.15, -0.1) is 6.42 Å². The summed E-state index contributed by atoms with van der Waals surface area (Å²) in [6.45, 7) is 0.179. The average molecular weight is 463 g/mol. The Hall–Kier alpha value is -2.48. The number of benzene rings is 2. The monoisotopic (exact) mass is 462 g/mol. The molecule has 0 aliphatic carbocycles. The summed E-state index contributed by atoms with van der Waals surface area (Å²) in [6.07, 6.45) is 6.68. The lowest BCUT2D eigenvalue weighted by molar-refractivity contribution is -0.112. The fourth-order valence-electron chi connectivity index (χ4n) is 1.89. The van der Waals surface area contributed by atoms with Gasteiger partial charge in [0.05, 0.1) is 3.57 Å². The number of anilines is 1. The zero-order chi connectivity index (χ0) is 18.2. The molecule has 0 fully saturated rings. The maximum Gasteiger partial charge on any atom is 0.266 e. The minimum atomic E-state index is -0.493. The molecule has 0 saturated carbocycles.